The Morgan fingerprint density at radius 2 is 1.70 bits per heavy atom. The summed E-state index contributed by atoms with van der Waals surface area (Å²) in [5, 5.41) is 11.3. The van der Waals surface area contributed by atoms with E-state index >= 15 is 0 Å². The summed E-state index contributed by atoms with van der Waals surface area (Å²) in [6.07, 6.45) is -0.193. The lowest BCUT2D eigenvalue weighted by atomic mass is 10.0. The highest BCUT2D eigenvalue weighted by atomic mass is 16.4. The van der Waals surface area contributed by atoms with Crippen molar-refractivity contribution in [2.24, 2.45) is 5.73 Å². The lowest BCUT2D eigenvalue weighted by Gasteiger charge is -2.16. The molecule has 3 N–H and O–H groups in total. The monoisotopic (exact) mass is 267 g/mol. The molecule has 0 aliphatic heterocycles. The summed E-state index contributed by atoms with van der Waals surface area (Å²) >= 11 is 0. The van der Waals surface area contributed by atoms with Gasteiger partial charge in [-0.3, -0.25) is 0 Å². The SMILES string of the molecule is NC(Cc1ccccc1)C(O)c1cc2ccccc2o1. The Hall–Kier alpha value is -2.10. The third-order valence-electron chi connectivity index (χ3n) is 3.46. The van der Waals surface area contributed by atoms with Crippen LogP contribution in [0.1, 0.15) is 17.4 Å². The summed E-state index contributed by atoms with van der Waals surface area (Å²) in [7, 11) is 0. The number of benzene rings is 2. The van der Waals surface area contributed by atoms with Gasteiger partial charge in [0, 0.05) is 11.4 Å². The smallest absolute Gasteiger partial charge is 0.135 e. The van der Waals surface area contributed by atoms with E-state index < -0.39 is 12.1 Å². The molecule has 3 rings (SSSR count). The quantitative estimate of drug-likeness (QED) is 0.764. The molecular formula is C17H17NO2. The van der Waals surface area contributed by atoms with Crippen LogP contribution in [0.2, 0.25) is 0 Å². The van der Waals surface area contributed by atoms with Gasteiger partial charge in [0.25, 0.3) is 0 Å². The molecule has 2 atom stereocenters. The molecule has 0 amide bonds. The van der Waals surface area contributed by atoms with Crippen LogP contribution < -0.4 is 5.73 Å². The average molecular weight is 267 g/mol. The highest BCUT2D eigenvalue weighted by molar-refractivity contribution is 5.77. The average Bonchev–Trinajstić information content (AvgIpc) is 2.91. The van der Waals surface area contributed by atoms with Gasteiger partial charge in [0.15, 0.2) is 0 Å². The zero-order valence-corrected chi connectivity index (χ0v) is 11.1. The number of hydrogen-bond acceptors (Lipinski definition) is 3. The van der Waals surface area contributed by atoms with Crippen molar-refractivity contribution in [1.29, 1.82) is 0 Å². The van der Waals surface area contributed by atoms with Crippen LogP contribution in [-0.2, 0) is 6.42 Å². The minimum absolute atomic E-state index is 0.391. The molecule has 2 aromatic carbocycles. The first-order chi connectivity index (χ1) is 9.74. The van der Waals surface area contributed by atoms with Crippen molar-refractivity contribution < 1.29 is 9.52 Å². The predicted molar refractivity (Wildman–Crippen MR) is 79.3 cm³/mol. The Morgan fingerprint density at radius 3 is 2.45 bits per heavy atom. The Morgan fingerprint density at radius 1 is 1.00 bits per heavy atom. The van der Waals surface area contributed by atoms with Gasteiger partial charge in [0.1, 0.15) is 17.4 Å². The Kier molecular flexibility index (Phi) is 3.54. The second-order valence-electron chi connectivity index (χ2n) is 4.99. The van der Waals surface area contributed by atoms with Crippen LogP contribution in [0.5, 0.6) is 0 Å². The number of nitrogens with two attached hydrogens (primary N) is 1. The first-order valence-corrected chi connectivity index (χ1v) is 6.70. The molecular weight excluding hydrogens is 250 g/mol. The molecule has 3 nitrogen and oxygen atoms in total. The fraction of sp³-hybridized carbons (Fsp3) is 0.176. The van der Waals surface area contributed by atoms with Crippen molar-refractivity contribution in [3.05, 3.63) is 72.0 Å². The lowest BCUT2D eigenvalue weighted by molar-refractivity contribution is 0.123. The van der Waals surface area contributed by atoms with Crippen molar-refractivity contribution in [1.82, 2.24) is 0 Å². The number of rotatable bonds is 4. The van der Waals surface area contributed by atoms with E-state index in [0.717, 1.165) is 16.5 Å². The van der Waals surface area contributed by atoms with Crippen LogP contribution >= 0.6 is 0 Å². The van der Waals surface area contributed by atoms with Gasteiger partial charge in [-0.05, 0) is 24.1 Å². The first kappa shape index (κ1) is 12.9. The van der Waals surface area contributed by atoms with E-state index in [1.807, 2.05) is 60.7 Å². The number of aliphatic hydroxyl groups is 1. The summed E-state index contributed by atoms with van der Waals surface area (Å²) in [5.74, 6) is 0.523. The van der Waals surface area contributed by atoms with Gasteiger partial charge >= 0.3 is 0 Å². The molecule has 102 valence electrons. The van der Waals surface area contributed by atoms with Crippen molar-refractivity contribution in [3.8, 4) is 0 Å². The van der Waals surface area contributed by atoms with Gasteiger partial charge in [0.2, 0.25) is 0 Å². The van der Waals surface area contributed by atoms with E-state index in [1.165, 1.54) is 0 Å². The number of furan rings is 1. The fourth-order valence-electron chi connectivity index (χ4n) is 2.36. The van der Waals surface area contributed by atoms with E-state index in [-0.39, 0.29) is 0 Å². The van der Waals surface area contributed by atoms with Crippen LogP contribution in [0.15, 0.2) is 65.1 Å². The highest BCUT2D eigenvalue weighted by Crippen LogP contribution is 2.26. The van der Waals surface area contributed by atoms with Crippen LogP contribution in [-0.4, -0.2) is 11.1 Å². The summed E-state index contributed by atoms with van der Waals surface area (Å²) in [4.78, 5) is 0. The summed E-state index contributed by atoms with van der Waals surface area (Å²) < 4.78 is 5.66. The molecule has 0 saturated heterocycles. The standard InChI is InChI=1S/C17H17NO2/c18-14(10-12-6-2-1-3-7-12)17(19)16-11-13-8-4-5-9-15(13)20-16/h1-9,11,14,17,19H,10,18H2. The highest BCUT2D eigenvalue weighted by Gasteiger charge is 2.21. The van der Waals surface area contributed by atoms with Crippen LogP contribution in [0, 0.1) is 0 Å². The summed E-state index contributed by atoms with van der Waals surface area (Å²) in [6.45, 7) is 0. The third-order valence-corrected chi connectivity index (χ3v) is 3.46. The largest absolute Gasteiger partial charge is 0.458 e. The molecule has 3 heteroatoms. The maximum absolute atomic E-state index is 10.3. The molecule has 0 fully saturated rings. The van der Waals surface area contributed by atoms with Crippen molar-refractivity contribution in [2.45, 2.75) is 18.6 Å². The minimum Gasteiger partial charge on any atom is -0.458 e. The molecule has 20 heavy (non-hydrogen) atoms. The molecule has 1 aromatic heterocycles. The lowest BCUT2D eigenvalue weighted by Crippen LogP contribution is -2.30. The molecule has 0 aliphatic carbocycles. The van der Waals surface area contributed by atoms with Gasteiger partial charge in [-0.2, -0.15) is 0 Å². The van der Waals surface area contributed by atoms with Gasteiger partial charge in [-0.25, -0.2) is 0 Å². The van der Waals surface area contributed by atoms with E-state index in [0.29, 0.717) is 12.2 Å². The van der Waals surface area contributed by atoms with Crippen LogP contribution in [0.25, 0.3) is 11.0 Å². The van der Waals surface area contributed by atoms with Crippen molar-refractivity contribution >= 4 is 11.0 Å². The van der Waals surface area contributed by atoms with E-state index in [1.54, 1.807) is 0 Å². The second kappa shape index (κ2) is 5.49. The van der Waals surface area contributed by atoms with Gasteiger partial charge in [0.05, 0.1) is 0 Å². The van der Waals surface area contributed by atoms with Crippen molar-refractivity contribution in [3.63, 3.8) is 0 Å². The van der Waals surface area contributed by atoms with E-state index in [9.17, 15) is 5.11 Å². The number of fused-ring (bicyclic) bond motifs is 1. The number of aliphatic hydroxyl groups excluding tert-OH is 1. The Bertz CT molecular complexity index is 657. The zero-order valence-electron chi connectivity index (χ0n) is 11.1. The second-order valence-corrected chi connectivity index (χ2v) is 4.99. The maximum Gasteiger partial charge on any atom is 0.135 e. The first-order valence-electron chi connectivity index (χ1n) is 6.70. The van der Waals surface area contributed by atoms with Gasteiger partial charge in [-0.15, -0.1) is 0 Å². The molecule has 1 heterocycles. The minimum atomic E-state index is -0.803. The number of para-hydroxylation sites is 1. The molecule has 0 spiro atoms. The predicted octanol–water partition coefficient (Wildman–Crippen LogP) is 3.04. The summed E-state index contributed by atoms with van der Waals surface area (Å²) in [5.41, 5.74) is 7.97. The topological polar surface area (TPSA) is 59.4 Å². The normalized spacial score (nSPS) is 14.3. The molecule has 0 aliphatic rings. The molecule has 3 aromatic rings. The Balaban J connectivity index is 1.79. The molecule has 0 bridgehead atoms. The maximum atomic E-state index is 10.3. The number of hydrogen-bond donors (Lipinski definition) is 2. The fourth-order valence-corrected chi connectivity index (χ4v) is 2.36. The van der Waals surface area contributed by atoms with Crippen molar-refractivity contribution in [2.75, 3.05) is 0 Å². The van der Waals surface area contributed by atoms with Crippen LogP contribution in [0.3, 0.4) is 0 Å². The van der Waals surface area contributed by atoms with Gasteiger partial charge < -0.3 is 15.3 Å². The molecule has 0 saturated carbocycles. The zero-order chi connectivity index (χ0) is 13.9. The van der Waals surface area contributed by atoms with E-state index in [4.69, 9.17) is 10.2 Å². The van der Waals surface area contributed by atoms with Gasteiger partial charge in [-0.1, -0.05) is 48.5 Å². The third kappa shape index (κ3) is 2.59. The van der Waals surface area contributed by atoms with Crippen LogP contribution in [0.4, 0.5) is 0 Å². The summed E-state index contributed by atoms with van der Waals surface area (Å²) in [6, 6.07) is 19.1. The molecule has 0 radical (unpaired) electrons. The Labute approximate surface area is 117 Å². The van der Waals surface area contributed by atoms with E-state index in [2.05, 4.69) is 0 Å². The molecule has 2 unspecified atom stereocenters.